The van der Waals surface area contributed by atoms with Gasteiger partial charge in [0.2, 0.25) is 5.91 Å². The second-order valence-corrected chi connectivity index (χ2v) is 9.91. The molecule has 0 atom stereocenters. The van der Waals surface area contributed by atoms with E-state index in [1.165, 1.54) is 11.1 Å². The number of carbonyl (C=O) groups is 1. The highest BCUT2D eigenvalue weighted by Gasteiger charge is 2.26. The molecule has 0 aliphatic carbocycles. The van der Waals surface area contributed by atoms with Gasteiger partial charge in [0, 0.05) is 49.1 Å². The molecule has 186 valence electrons. The highest BCUT2D eigenvalue weighted by molar-refractivity contribution is 5.88. The molecular weight excluding hydrogens is 446 g/mol. The molecular formula is C31H35N3O2. The number of nitrogens with zero attached hydrogens (tertiary/aromatic N) is 3. The normalized spacial score (nSPS) is 14.9. The maximum Gasteiger partial charge on any atom is 0.242 e. The number of carbonyl (C=O) groups excluding carboxylic acids is 1. The minimum atomic E-state index is 0.0391. The molecule has 5 rings (SSSR count). The molecule has 1 saturated heterocycles. The van der Waals surface area contributed by atoms with Crippen molar-refractivity contribution >= 4 is 16.7 Å². The lowest BCUT2D eigenvalue weighted by atomic mass is 9.88. The third kappa shape index (κ3) is 5.31. The average molecular weight is 482 g/mol. The highest BCUT2D eigenvalue weighted by atomic mass is 16.3. The van der Waals surface area contributed by atoms with Crippen LogP contribution in [0.15, 0.2) is 91.1 Å². The van der Waals surface area contributed by atoms with Crippen LogP contribution in [0, 0.1) is 0 Å². The van der Waals surface area contributed by atoms with Crippen molar-refractivity contribution in [2.24, 2.45) is 0 Å². The summed E-state index contributed by atoms with van der Waals surface area (Å²) in [6, 6.07) is 29.5. The molecule has 5 heteroatoms. The van der Waals surface area contributed by atoms with Crippen LogP contribution in [0.4, 0.5) is 0 Å². The van der Waals surface area contributed by atoms with Gasteiger partial charge in [0.1, 0.15) is 6.54 Å². The Kier molecular flexibility index (Phi) is 7.38. The summed E-state index contributed by atoms with van der Waals surface area (Å²) in [7, 11) is 1.91. The topological polar surface area (TPSA) is 48.7 Å². The molecule has 36 heavy (non-hydrogen) atoms. The molecule has 1 aliphatic rings. The summed E-state index contributed by atoms with van der Waals surface area (Å²) < 4.78 is 1.66. The first kappa shape index (κ1) is 24.1. The minimum Gasteiger partial charge on any atom is -0.494 e. The number of piperidine rings is 1. The molecule has 5 nitrogen and oxygen atoms in total. The van der Waals surface area contributed by atoms with E-state index in [1.54, 1.807) is 4.57 Å². The predicted molar refractivity (Wildman–Crippen MR) is 145 cm³/mol. The number of aromatic nitrogens is 1. The van der Waals surface area contributed by atoms with Gasteiger partial charge in [-0.05, 0) is 43.0 Å². The fraction of sp³-hybridized carbons (Fsp3) is 0.323. The van der Waals surface area contributed by atoms with Gasteiger partial charge in [-0.2, -0.15) is 0 Å². The monoisotopic (exact) mass is 481 g/mol. The van der Waals surface area contributed by atoms with Gasteiger partial charge >= 0.3 is 0 Å². The number of aromatic hydroxyl groups is 1. The Morgan fingerprint density at radius 1 is 0.917 bits per heavy atom. The molecule has 1 N–H and O–H groups in total. The van der Waals surface area contributed by atoms with Crippen molar-refractivity contribution in [2.75, 3.05) is 26.7 Å². The van der Waals surface area contributed by atoms with E-state index in [4.69, 9.17) is 0 Å². The maximum atomic E-state index is 13.0. The molecule has 0 bridgehead atoms. The third-order valence-electron chi connectivity index (χ3n) is 7.71. The van der Waals surface area contributed by atoms with Crippen molar-refractivity contribution in [1.29, 1.82) is 0 Å². The van der Waals surface area contributed by atoms with Crippen LogP contribution in [0.5, 0.6) is 5.88 Å². The second kappa shape index (κ2) is 11.0. The zero-order chi connectivity index (χ0) is 24.9. The Hall–Kier alpha value is -3.57. The van der Waals surface area contributed by atoms with Crippen molar-refractivity contribution in [3.05, 3.63) is 102 Å². The van der Waals surface area contributed by atoms with Crippen LogP contribution in [-0.2, 0) is 11.3 Å². The SMILES string of the molecule is CN(C(=O)Cn1cc2ccccc2c1O)C1CCN(CCC(c2ccccc2)c2ccccc2)CC1. The molecule has 0 unspecified atom stereocenters. The van der Waals surface area contributed by atoms with Gasteiger partial charge < -0.3 is 19.5 Å². The Balaban J connectivity index is 1.15. The Morgan fingerprint density at radius 2 is 1.50 bits per heavy atom. The van der Waals surface area contributed by atoms with E-state index >= 15 is 0 Å². The van der Waals surface area contributed by atoms with Crippen LogP contribution >= 0.6 is 0 Å². The van der Waals surface area contributed by atoms with Crippen LogP contribution in [0.2, 0.25) is 0 Å². The van der Waals surface area contributed by atoms with E-state index in [2.05, 4.69) is 65.6 Å². The molecule has 1 aliphatic heterocycles. The van der Waals surface area contributed by atoms with Crippen LogP contribution in [-0.4, -0.2) is 58.1 Å². The van der Waals surface area contributed by atoms with Crippen LogP contribution in [0.1, 0.15) is 36.3 Å². The summed E-state index contributed by atoms with van der Waals surface area (Å²) in [6.45, 7) is 3.20. The predicted octanol–water partition coefficient (Wildman–Crippen LogP) is 5.49. The number of hydrogen-bond donors (Lipinski definition) is 1. The quantitative estimate of drug-likeness (QED) is 0.362. The highest BCUT2D eigenvalue weighted by Crippen LogP contribution is 2.29. The van der Waals surface area contributed by atoms with E-state index in [0.29, 0.717) is 5.92 Å². The van der Waals surface area contributed by atoms with Crippen molar-refractivity contribution in [3.63, 3.8) is 0 Å². The number of rotatable bonds is 8. The van der Waals surface area contributed by atoms with Crippen LogP contribution in [0.25, 0.3) is 10.8 Å². The standard InChI is InChI=1S/C31H35N3O2/c1-32(30(35)23-34-22-26-14-8-9-15-29(26)31(34)36)27-16-19-33(20-17-27)21-18-28(24-10-4-2-5-11-24)25-12-6-3-7-13-25/h2-15,22,27-28,36H,16-21,23H2,1H3. The lowest BCUT2D eigenvalue weighted by Crippen LogP contribution is -2.46. The van der Waals surface area contributed by atoms with Crippen molar-refractivity contribution < 1.29 is 9.90 Å². The van der Waals surface area contributed by atoms with Gasteiger partial charge in [-0.15, -0.1) is 0 Å². The fourth-order valence-corrected chi connectivity index (χ4v) is 5.52. The van der Waals surface area contributed by atoms with Crippen molar-refractivity contribution in [2.45, 2.75) is 37.8 Å². The van der Waals surface area contributed by atoms with Crippen molar-refractivity contribution in [3.8, 4) is 5.88 Å². The molecule has 3 aromatic carbocycles. The molecule has 2 heterocycles. The largest absolute Gasteiger partial charge is 0.494 e. The summed E-state index contributed by atoms with van der Waals surface area (Å²) in [5.74, 6) is 0.588. The molecule has 1 fully saturated rings. The van der Waals surface area contributed by atoms with E-state index in [9.17, 15) is 9.90 Å². The summed E-state index contributed by atoms with van der Waals surface area (Å²) in [5.41, 5.74) is 2.73. The summed E-state index contributed by atoms with van der Waals surface area (Å²) in [4.78, 5) is 17.5. The van der Waals surface area contributed by atoms with E-state index in [0.717, 1.165) is 49.7 Å². The zero-order valence-corrected chi connectivity index (χ0v) is 21.0. The van der Waals surface area contributed by atoms with Crippen LogP contribution in [0.3, 0.4) is 0 Å². The Bertz CT molecular complexity index is 1240. The summed E-state index contributed by atoms with van der Waals surface area (Å²) in [5, 5.41) is 12.2. The number of benzene rings is 3. The number of fused-ring (bicyclic) bond motifs is 1. The first-order chi connectivity index (χ1) is 17.6. The van der Waals surface area contributed by atoms with Crippen LogP contribution < -0.4 is 0 Å². The first-order valence-corrected chi connectivity index (χ1v) is 12.9. The van der Waals surface area contributed by atoms with Gasteiger partial charge in [-0.1, -0.05) is 78.9 Å². The molecule has 0 spiro atoms. The zero-order valence-electron chi connectivity index (χ0n) is 21.0. The van der Waals surface area contributed by atoms with E-state index < -0.39 is 0 Å². The average Bonchev–Trinajstić information content (AvgIpc) is 3.25. The number of hydrogen-bond acceptors (Lipinski definition) is 3. The number of likely N-dealkylation sites (N-methyl/N-ethyl adjacent to an activating group) is 1. The summed E-state index contributed by atoms with van der Waals surface area (Å²) >= 11 is 0. The van der Waals surface area contributed by atoms with Gasteiger partial charge in [-0.25, -0.2) is 0 Å². The Labute approximate surface area is 213 Å². The Morgan fingerprint density at radius 3 is 2.11 bits per heavy atom. The molecule has 4 aromatic rings. The lowest BCUT2D eigenvalue weighted by molar-refractivity contribution is -0.133. The minimum absolute atomic E-state index is 0.0391. The smallest absolute Gasteiger partial charge is 0.242 e. The number of amides is 1. The lowest BCUT2D eigenvalue weighted by Gasteiger charge is -2.37. The molecule has 1 aromatic heterocycles. The van der Waals surface area contributed by atoms with Gasteiger partial charge in [0.25, 0.3) is 0 Å². The maximum absolute atomic E-state index is 13.0. The van der Waals surface area contributed by atoms with Gasteiger partial charge in [-0.3, -0.25) is 4.79 Å². The second-order valence-electron chi connectivity index (χ2n) is 9.91. The molecule has 1 amide bonds. The third-order valence-corrected chi connectivity index (χ3v) is 7.71. The van der Waals surface area contributed by atoms with Gasteiger partial charge in [0.05, 0.1) is 0 Å². The van der Waals surface area contributed by atoms with Gasteiger partial charge in [0.15, 0.2) is 5.88 Å². The number of likely N-dealkylation sites (tertiary alicyclic amines) is 1. The van der Waals surface area contributed by atoms with Crippen molar-refractivity contribution in [1.82, 2.24) is 14.4 Å². The summed E-state index contributed by atoms with van der Waals surface area (Å²) in [6.07, 6.45) is 4.88. The first-order valence-electron chi connectivity index (χ1n) is 12.9. The van der Waals surface area contributed by atoms with E-state index in [-0.39, 0.29) is 24.4 Å². The molecule has 0 radical (unpaired) electrons. The van der Waals surface area contributed by atoms with E-state index in [1.807, 2.05) is 42.4 Å². The fourth-order valence-electron chi connectivity index (χ4n) is 5.52. The molecule has 0 saturated carbocycles.